The third kappa shape index (κ3) is 4.17. The van der Waals surface area contributed by atoms with Gasteiger partial charge in [-0.2, -0.15) is 0 Å². The highest BCUT2D eigenvalue weighted by Gasteiger charge is 2.49. The van der Waals surface area contributed by atoms with E-state index in [9.17, 15) is 19.2 Å². The number of rotatable bonds is 6. The number of nitrogens with zero attached hydrogens (tertiary/aromatic N) is 1. The predicted molar refractivity (Wildman–Crippen MR) is 112 cm³/mol. The average Bonchev–Trinajstić information content (AvgIpc) is 2.94. The van der Waals surface area contributed by atoms with E-state index < -0.39 is 35.8 Å². The van der Waals surface area contributed by atoms with Gasteiger partial charge in [0.15, 0.2) is 0 Å². The van der Waals surface area contributed by atoms with Crippen LogP contribution in [0, 0.1) is 13.8 Å². The van der Waals surface area contributed by atoms with E-state index in [4.69, 9.17) is 0 Å². The highest BCUT2D eigenvalue weighted by Crippen LogP contribution is 2.28. The fourth-order valence-corrected chi connectivity index (χ4v) is 3.27. The zero-order valence-corrected chi connectivity index (χ0v) is 17.1. The number of carbonyl (C=O) groups excluding carboxylic acids is 4. The highest BCUT2D eigenvalue weighted by molar-refractivity contribution is 6.09. The summed E-state index contributed by atoms with van der Waals surface area (Å²) in [5.74, 6) is -1.52. The first-order valence-corrected chi connectivity index (χ1v) is 9.55. The number of imide groups is 1. The van der Waals surface area contributed by atoms with Crippen molar-refractivity contribution in [3.63, 3.8) is 0 Å². The summed E-state index contributed by atoms with van der Waals surface area (Å²) in [7, 11) is 0. The van der Waals surface area contributed by atoms with Crippen molar-refractivity contribution in [3.05, 3.63) is 65.2 Å². The molecule has 5 amide bonds. The van der Waals surface area contributed by atoms with Gasteiger partial charge in [-0.3, -0.25) is 19.3 Å². The minimum absolute atomic E-state index is 0.272. The fourth-order valence-electron chi connectivity index (χ4n) is 3.27. The van der Waals surface area contributed by atoms with E-state index in [2.05, 4.69) is 16.0 Å². The van der Waals surface area contributed by atoms with E-state index >= 15 is 0 Å². The molecule has 2 aromatic carbocycles. The molecule has 156 valence electrons. The van der Waals surface area contributed by atoms with Gasteiger partial charge in [-0.1, -0.05) is 42.5 Å². The Balaban J connectivity index is 1.57. The predicted octanol–water partition coefficient (Wildman–Crippen LogP) is 1.83. The topological polar surface area (TPSA) is 108 Å². The number of carbonyl (C=O) groups is 4. The van der Waals surface area contributed by atoms with Crippen molar-refractivity contribution in [2.24, 2.45) is 0 Å². The maximum Gasteiger partial charge on any atom is 0.325 e. The average molecular weight is 408 g/mol. The molecular formula is C22H24N4O4. The number of hydrogen-bond acceptors (Lipinski definition) is 4. The number of nitrogens with one attached hydrogen (secondary N) is 3. The summed E-state index contributed by atoms with van der Waals surface area (Å²) < 4.78 is 0. The molecule has 1 aliphatic heterocycles. The molecule has 1 saturated heterocycles. The second-order valence-corrected chi connectivity index (χ2v) is 7.38. The summed E-state index contributed by atoms with van der Waals surface area (Å²) >= 11 is 0. The van der Waals surface area contributed by atoms with Crippen LogP contribution >= 0.6 is 0 Å². The fraction of sp³-hybridized carbons (Fsp3) is 0.273. The summed E-state index contributed by atoms with van der Waals surface area (Å²) in [6.45, 7) is 4.69. The van der Waals surface area contributed by atoms with Crippen LogP contribution in [0.15, 0.2) is 48.5 Å². The van der Waals surface area contributed by atoms with Crippen LogP contribution in [0.25, 0.3) is 0 Å². The molecule has 1 fully saturated rings. The van der Waals surface area contributed by atoms with Gasteiger partial charge in [0.1, 0.15) is 12.1 Å². The van der Waals surface area contributed by atoms with Crippen LogP contribution < -0.4 is 16.0 Å². The molecule has 0 saturated carbocycles. The standard InChI is InChI=1S/C22H24N4O4/c1-14-8-7-11-17(15(14)2)24-18(27)12-23-19(28)13-26-20(29)22(3,25-21(26)30)16-9-5-4-6-10-16/h4-11H,12-13H2,1-3H3,(H,23,28)(H,24,27)(H,25,30)/t22-/m0/s1. The molecule has 0 radical (unpaired) electrons. The Morgan fingerprint density at radius 3 is 2.40 bits per heavy atom. The first kappa shape index (κ1) is 21.0. The Hall–Kier alpha value is -3.68. The lowest BCUT2D eigenvalue weighted by Crippen LogP contribution is -2.44. The van der Waals surface area contributed by atoms with Crippen LogP contribution in [0.1, 0.15) is 23.6 Å². The number of aryl methyl sites for hydroxylation is 1. The van der Waals surface area contributed by atoms with Gasteiger partial charge in [0.05, 0.1) is 6.54 Å². The van der Waals surface area contributed by atoms with Crippen LogP contribution in [0.5, 0.6) is 0 Å². The number of amides is 5. The van der Waals surface area contributed by atoms with Crippen molar-refractivity contribution in [2.45, 2.75) is 26.3 Å². The lowest BCUT2D eigenvalue weighted by molar-refractivity contribution is -0.135. The van der Waals surface area contributed by atoms with Gasteiger partial charge in [-0.15, -0.1) is 0 Å². The van der Waals surface area contributed by atoms with Crippen molar-refractivity contribution in [2.75, 3.05) is 18.4 Å². The van der Waals surface area contributed by atoms with Crippen LogP contribution in [-0.4, -0.2) is 41.7 Å². The third-order valence-corrected chi connectivity index (χ3v) is 5.25. The van der Waals surface area contributed by atoms with Gasteiger partial charge in [-0.25, -0.2) is 4.79 Å². The number of anilines is 1. The smallest absolute Gasteiger partial charge is 0.325 e. The Bertz CT molecular complexity index is 1010. The summed E-state index contributed by atoms with van der Waals surface area (Å²) in [6, 6.07) is 13.7. The van der Waals surface area contributed by atoms with Crippen LogP contribution in [0.3, 0.4) is 0 Å². The largest absolute Gasteiger partial charge is 0.345 e. The molecule has 1 aliphatic rings. The van der Waals surface area contributed by atoms with Crippen molar-refractivity contribution < 1.29 is 19.2 Å². The zero-order valence-electron chi connectivity index (χ0n) is 17.1. The Morgan fingerprint density at radius 1 is 1.00 bits per heavy atom. The van der Waals surface area contributed by atoms with Gasteiger partial charge in [-0.05, 0) is 43.5 Å². The van der Waals surface area contributed by atoms with E-state index in [1.54, 1.807) is 37.3 Å². The molecule has 1 heterocycles. The van der Waals surface area contributed by atoms with Crippen molar-refractivity contribution in [1.82, 2.24) is 15.5 Å². The molecule has 0 bridgehead atoms. The maximum atomic E-state index is 12.8. The SMILES string of the molecule is Cc1cccc(NC(=O)CNC(=O)CN2C(=O)N[C@@](C)(c3ccccc3)C2=O)c1C. The van der Waals surface area contributed by atoms with E-state index in [0.717, 1.165) is 16.0 Å². The minimum atomic E-state index is -1.24. The van der Waals surface area contributed by atoms with Crippen LogP contribution in [-0.2, 0) is 19.9 Å². The lowest BCUT2D eigenvalue weighted by atomic mass is 9.92. The van der Waals surface area contributed by atoms with Crippen LogP contribution in [0.2, 0.25) is 0 Å². The molecule has 30 heavy (non-hydrogen) atoms. The van der Waals surface area contributed by atoms with Gasteiger partial charge in [0.2, 0.25) is 11.8 Å². The van der Waals surface area contributed by atoms with Gasteiger partial charge >= 0.3 is 6.03 Å². The van der Waals surface area contributed by atoms with Crippen molar-refractivity contribution >= 4 is 29.4 Å². The monoisotopic (exact) mass is 408 g/mol. The molecule has 0 aliphatic carbocycles. The van der Waals surface area contributed by atoms with Gasteiger partial charge in [0, 0.05) is 5.69 Å². The maximum absolute atomic E-state index is 12.8. The lowest BCUT2D eigenvalue weighted by Gasteiger charge is -2.22. The molecule has 0 aromatic heterocycles. The summed E-state index contributed by atoms with van der Waals surface area (Å²) in [4.78, 5) is 50.3. The van der Waals surface area contributed by atoms with Crippen molar-refractivity contribution in [1.29, 1.82) is 0 Å². The zero-order chi connectivity index (χ0) is 21.9. The molecule has 8 heteroatoms. The highest BCUT2D eigenvalue weighted by atomic mass is 16.2. The summed E-state index contributed by atoms with van der Waals surface area (Å²) in [6.07, 6.45) is 0. The van der Waals surface area contributed by atoms with Gasteiger partial charge < -0.3 is 16.0 Å². The molecular weight excluding hydrogens is 384 g/mol. The van der Waals surface area contributed by atoms with E-state index in [1.807, 2.05) is 32.0 Å². The Kier molecular flexibility index (Phi) is 5.86. The number of urea groups is 1. The molecule has 1 atom stereocenters. The second-order valence-electron chi connectivity index (χ2n) is 7.38. The van der Waals surface area contributed by atoms with E-state index in [-0.39, 0.29) is 6.54 Å². The number of hydrogen-bond donors (Lipinski definition) is 3. The summed E-state index contributed by atoms with van der Waals surface area (Å²) in [5, 5.41) is 7.82. The molecule has 2 aromatic rings. The van der Waals surface area contributed by atoms with Crippen LogP contribution in [0.4, 0.5) is 10.5 Å². The Labute approximate surface area is 174 Å². The second kappa shape index (κ2) is 8.36. The van der Waals surface area contributed by atoms with Gasteiger partial charge in [0.25, 0.3) is 5.91 Å². The summed E-state index contributed by atoms with van der Waals surface area (Å²) in [5.41, 5.74) is 2.04. The normalized spacial score (nSPS) is 18.2. The third-order valence-electron chi connectivity index (χ3n) is 5.25. The van der Waals surface area contributed by atoms with E-state index in [1.165, 1.54) is 0 Å². The van der Waals surface area contributed by atoms with Crippen molar-refractivity contribution in [3.8, 4) is 0 Å². The molecule has 0 spiro atoms. The molecule has 3 N–H and O–H groups in total. The quantitative estimate of drug-likeness (QED) is 0.634. The first-order chi connectivity index (χ1) is 14.2. The van der Waals surface area contributed by atoms with E-state index in [0.29, 0.717) is 11.3 Å². The minimum Gasteiger partial charge on any atom is -0.345 e. The molecule has 0 unspecified atom stereocenters. The Morgan fingerprint density at radius 2 is 1.70 bits per heavy atom. The molecule has 8 nitrogen and oxygen atoms in total. The first-order valence-electron chi connectivity index (χ1n) is 9.55. The molecule has 3 rings (SSSR count). The number of benzene rings is 2.